The zero-order chi connectivity index (χ0) is 10.7. The van der Waals surface area contributed by atoms with Crippen LogP contribution in [0.5, 0.6) is 0 Å². The van der Waals surface area contributed by atoms with E-state index >= 15 is 0 Å². The number of rotatable bonds is 2. The molecule has 0 radical (unpaired) electrons. The van der Waals surface area contributed by atoms with Gasteiger partial charge in [-0.05, 0) is 24.6 Å². The lowest BCUT2D eigenvalue weighted by molar-refractivity contribution is 1.17. The third-order valence-corrected chi connectivity index (χ3v) is 2.32. The molecule has 0 spiro atoms. The van der Waals surface area contributed by atoms with E-state index in [0.717, 1.165) is 22.5 Å². The van der Waals surface area contributed by atoms with Gasteiger partial charge in [-0.1, -0.05) is 43.0 Å². The molecular formula is C14H13N. The van der Waals surface area contributed by atoms with Crippen LogP contribution in [-0.4, -0.2) is 4.98 Å². The molecule has 1 aromatic heterocycles. The number of aryl methyl sites for hydroxylation is 1. The van der Waals surface area contributed by atoms with Crippen molar-refractivity contribution >= 4 is 5.57 Å². The predicted octanol–water partition coefficient (Wildman–Crippen LogP) is 3.45. The van der Waals surface area contributed by atoms with Crippen LogP contribution in [0.2, 0.25) is 0 Å². The van der Waals surface area contributed by atoms with E-state index in [0.29, 0.717) is 0 Å². The minimum Gasteiger partial charge on any atom is -0.253 e. The largest absolute Gasteiger partial charge is 0.253 e. The summed E-state index contributed by atoms with van der Waals surface area (Å²) in [6, 6.07) is 16.1. The van der Waals surface area contributed by atoms with Gasteiger partial charge in [-0.15, -0.1) is 0 Å². The SMILES string of the molecule is C=C(c1ccccc1)c1cccc(C)n1. The second-order valence-electron chi connectivity index (χ2n) is 3.51. The number of benzene rings is 1. The Morgan fingerprint density at radius 2 is 1.73 bits per heavy atom. The highest BCUT2D eigenvalue weighted by atomic mass is 14.7. The van der Waals surface area contributed by atoms with E-state index in [1.54, 1.807) is 0 Å². The minimum atomic E-state index is 0.946. The van der Waals surface area contributed by atoms with Gasteiger partial charge in [0, 0.05) is 11.3 Å². The number of hydrogen-bond acceptors (Lipinski definition) is 1. The molecule has 0 unspecified atom stereocenters. The molecular weight excluding hydrogens is 182 g/mol. The molecule has 1 nitrogen and oxygen atoms in total. The fraction of sp³-hybridized carbons (Fsp3) is 0.0714. The summed E-state index contributed by atoms with van der Waals surface area (Å²) >= 11 is 0. The maximum absolute atomic E-state index is 4.45. The summed E-state index contributed by atoms with van der Waals surface area (Å²) in [6.45, 7) is 6.06. The van der Waals surface area contributed by atoms with Crippen LogP contribution < -0.4 is 0 Å². The van der Waals surface area contributed by atoms with Crippen molar-refractivity contribution in [3.8, 4) is 0 Å². The molecule has 0 saturated heterocycles. The first kappa shape index (κ1) is 9.66. The maximum atomic E-state index is 4.45. The maximum Gasteiger partial charge on any atom is 0.0705 e. The highest BCUT2D eigenvalue weighted by molar-refractivity contribution is 5.75. The van der Waals surface area contributed by atoms with Crippen molar-refractivity contribution in [3.05, 3.63) is 72.1 Å². The zero-order valence-electron chi connectivity index (χ0n) is 8.77. The van der Waals surface area contributed by atoms with E-state index in [1.165, 1.54) is 0 Å². The van der Waals surface area contributed by atoms with Crippen LogP contribution in [0, 0.1) is 6.92 Å². The van der Waals surface area contributed by atoms with E-state index < -0.39 is 0 Å². The van der Waals surface area contributed by atoms with E-state index in [9.17, 15) is 0 Å². The first-order chi connectivity index (χ1) is 7.27. The quantitative estimate of drug-likeness (QED) is 0.715. The lowest BCUT2D eigenvalue weighted by Gasteiger charge is -2.05. The molecule has 15 heavy (non-hydrogen) atoms. The van der Waals surface area contributed by atoms with Crippen molar-refractivity contribution in [2.24, 2.45) is 0 Å². The van der Waals surface area contributed by atoms with Gasteiger partial charge in [-0.3, -0.25) is 4.98 Å². The van der Waals surface area contributed by atoms with E-state index in [-0.39, 0.29) is 0 Å². The second-order valence-corrected chi connectivity index (χ2v) is 3.51. The molecule has 0 fully saturated rings. The van der Waals surface area contributed by atoms with Crippen molar-refractivity contribution in [1.82, 2.24) is 4.98 Å². The average Bonchev–Trinajstić information content (AvgIpc) is 2.29. The Morgan fingerprint density at radius 1 is 1.00 bits per heavy atom. The number of pyridine rings is 1. The van der Waals surface area contributed by atoms with Crippen LogP contribution in [0.25, 0.3) is 5.57 Å². The molecule has 0 bridgehead atoms. The Hall–Kier alpha value is -1.89. The normalized spacial score (nSPS) is 9.93. The fourth-order valence-corrected chi connectivity index (χ4v) is 1.50. The summed E-state index contributed by atoms with van der Waals surface area (Å²) < 4.78 is 0. The van der Waals surface area contributed by atoms with Gasteiger partial charge in [0.05, 0.1) is 5.69 Å². The lowest BCUT2D eigenvalue weighted by atomic mass is 10.0. The Balaban J connectivity index is 2.37. The standard InChI is InChI=1S/C14H13N/c1-11-7-6-10-14(15-11)12(2)13-8-4-3-5-9-13/h3-10H,2H2,1H3. The third-order valence-electron chi connectivity index (χ3n) is 2.32. The van der Waals surface area contributed by atoms with Crippen LogP contribution in [0.3, 0.4) is 0 Å². The molecule has 1 heteroatoms. The first-order valence-corrected chi connectivity index (χ1v) is 4.96. The molecule has 0 N–H and O–H groups in total. The van der Waals surface area contributed by atoms with Crippen molar-refractivity contribution in [2.45, 2.75) is 6.92 Å². The Bertz CT molecular complexity index is 472. The molecule has 0 aliphatic rings. The summed E-state index contributed by atoms with van der Waals surface area (Å²) in [5.74, 6) is 0. The van der Waals surface area contributed by atoms with Crippen molar-refractivity contribution in [1.29, 1.82) is 0 Å². The Morgan fingerprint density at radius 3 is 2.40 bits per heavy atom. The smallest absolute Gasteiger partial charge is 0.0705 e. The van der Waals surface area contributed by atoms with Crippen LogP contribution >= 0.6 is 0 Å². The first-order valence-electron chi connectivity index (χ1n) is 4.96. The van der Waals surface area contributed by atoms with E-state index in [1.807, 2.05) is 55.5 Å². The Kier molecular flexibility index (Phi) is 2.64. The van der Waals surface area contributed by atoms with Crippen molar-refractivity contribution < 1.29 is 0 Å². The molecule has 0 amide bonds. The van der Waals surface area contributed by atoms with Gasteiger partial charge in [0.2, 0.25) is 0 Å². The van der Waals surface area contributed by atoms with Crippen LogP contribution in [0.4, 0.5) is 0 Å². The molecule has 0 aliphatic carbocycles. The van der Waals surface area contributed by atoms with E-state index in [4.69, 9.17) is 0 Å². The number of aromatic nitrogens is 1. The van der Waals surface area contributed by atoms with Crippen LogP contribution in [0.1, 0.15) is 17.0 Å². The van der Waals surface area contributed by atoms with Gasteiger partial charge in [0.25, 0.3) is 0 Å². The molecule has 1 aromatic carbocycles. The molecule has 74 valence electrons. The number of nitrogens with zero attached hydrogens (tertiary/aromatic N) is 1. The molecule has 2 rings (SSSR count). The van der Waals surface area contributed by atoms with Gasteiger partial charge in [0.15, 0.2) is 0 Å². The summed E-state index contributed by atoms with van der Waals surface area (Å²) in [6.07, 6.45) is 0. The topological polar surface area (TPSA) is 12.9 Å². The highest BCUT2D eigenvalue weighted by Crippen LogP contribution is 2.19. The van der Waals surface area contributed by atoms with Gasteiger partial charge in [0.1, 0.15) is 0 Å². The van der Waals surface area contributed by atoms with Crippen molar-refractivity contribution in [3.63, 3.8) is 0 Å². The summed E-state index contributed by atoms with van der Waals surface area (Å²) in [4.78, 5) is 4.45. The molecule has 2 aromatic rings. The number of hydrogen-bond donors (Lipinski definition) is 0. The highest BCUT2D eigenvalue weighted by Gasteiger charge is 2.02. The van der Waals surface area contributed by atoms with Gasteiger partial charge >= 0.3 is 0 Å². The van der Waals surface area contributed by atoms with Crippen LogP contribution in [-0.2, 0) is 0 Å². The molecule has 0 saturated carbocycles. The lowest BCUT2D eigenvalue weighted by Crippen LogP contribution is -1.91. The zero-order valence-corrected chi connectivity index (χ0v) is 8.77. The average molecular weight is 195 g/mol. The molecule has 0 atom stereocenters. The predicted molar refractivity (Wildman–Crippen MR) is 63.6 cm³/mol. The van der Waals surface area contributed by atoms with E-state index in [2.05, 4.69) is 11.6 Å². The minimum absolute atomic E-state index is 0.946. The molecule has 1 heterocycles. The summed E-state index contributed by atoms with van der Waals surface area (Å²) in [5, 5.41) is 0. The van der Waals surface area contributed by atoms with Gasteiger partial charge < -0.3 is 0 Å². The third kappa shape index (κ3) is 2.13. The fourth-order valence-electron chi connectivity index (χ4n) is 1.50. The van der Waals surface area contributed by atoms with Gasteiger partial charge in [-0.2, -0.15) is 0 Å². The van der Waals surface area contributed by atoms with Crippen LogP contribution in [0.15, 0.2) is 55.1 Å². The molecule has 0 aliphatic heterocycles. The van der Waals surface area contributed by atoms with Gasteiger partial charge in [-0.25, -0.2) is 0 Å². The monoisotopic (exact) mass is 195 g/mol. The summed E-state index contributed by atoms with van der Waals surface area (Å²) in [7, 11) is 0. The summed E-state index contributed by atoms with van der Waals surface area (Å²) in [5.41, 5.74) is 4.06. The van der Waals surface area contributed by atoms with Crippen molar-refractivity contribution in [2.75, 3.05) is 0 Å². The second kappa shape index (κ2) is 4.09. The Labute approximate surface area is 90.1 Å².